The van der Waals surface area contributed by atoms with Crippen LogP contribution in [0.3, 0.4) is 0 Å². The lowest BCUT2D eigenvalue weighted by atomic mass is 9.61. The number of hydrogen-bond donors (Lipinski definition) is 0. The largest absolute Gasteiger partial charge is 0.308 e. The van der Waals surface area contributed by atoms with E-state index in [9.17, 15) is 13.3 Å². The van der Waals surface area contributed by atoms with E-state index in [4.69, 9.17) is 0 Å². The Morgan fingerprint density at radius 3 is 1.04 bits per heavy atom. The van der Waals surface area contributed by atoms with Gasteiger partial charge in [0.15, 0.2) is 0 Å². The molecule has 0 unspecified atom stereocenters. The van der Waals surface area contributed by atoms with Gasteiger partial charge in [-0.3, -0.25) is 0 Å². The molecule has 350 valence electrons. The average molecular weight is 933 g/mol. The van der Waals surface area contributed by atoms with Gasteiger partial charge < -0.3 is 8.80 Å². The Hall–Kier alpha value is -4.89. The first-order chi connectivity index (χ1) is 32.5. The molecule has 0 amide bonds. The van der Waals surface area contributed by atoms with Crippen LogP contribution in [0.25, 0.3) is 76.2 Å². The predicted octanol–water partition coefficient (Wildman–Crippen LogP) is 16.6. The van der Waals surface area contributed by atoms with Crippen LogP contribution in [0.15, 0.2) is 48.5 Å². The van der Waals surface area contributed by atoms with Gasteiger partial charge >= 0.3 is 0 Å². The van der Waals surface area contributed by atoms with Crippen LogP contribution in [0.2, 0.25) is 35.3 Å². The molecule has 2 aliphatic carbocycles. The second-order valence-electron chi connectivity index (χ2n) is 26.3. The predicted molar refractivity (Wildman–Crippen MR) is 299 cm³/mol. The number of fused-ring (bicyclic) bond motifs is 16. The smallest absolute Gasteiger partial charge is 0.0995 e. The molecule has 0 radical (unpaired) electrons. The van der Waals surface area contributed by atoms with Crippen LogP contribution in [0, 0.1) is 22.7 Å². The fourth-order valence-electron chi connectivity index (χ4n) is 14.6. The van der Waals surface area contributed by atoms with E-state index in [1.807, 2.05) is 0 Å². The second-order valence-corrected chi connectivity index (χ2v) is 37.2. The minimum absolute atomic E-state index is 0.179. The number of benzene rings is 5. The van der Waals surface area contributed by atoms with Crippen LogP contribution in [-0.4, -0.2) is 24.9 Å². The van der Waals surface area contributed by atoms with E-state index in [-0.39, 0.29) is 21.7 Å². The lowest BCUT2D eigenvalue weighted by molar-refractivity contribution is 0.334. The van der Waals surface area contributed by atoms with E-state index in [1.54, 1.807) is 0 Å². The quantitative estimate of drug-likeness (QED) is 0.156. The number of rotatable bonds is 6. The Kier molecular flexibility index (Phi) is 8.83. The number of nitrogens with zero attached hydrogens (tertiary/aromatic N) is 4. The maximum atomic E-state index is 11.2. The molecule has 0 saturated carbocycles. The van der Waals surface area contributed by atoms with E-state index in [2.05, 4.69) is 181 Å². The Morgan fingerprint density at radius 2 is 0.750 bits per heavy atom. The molecular weight excluding hydrogens is 857 g/mol. The summed E-state index contributed by atoms with van der Waals surface area (Å²) < 4.78 is 26.5. The molecule has 6 heteroatoms. The van der Waals surface area contributed by atoms with Gasteiger partial charge in [0.05, 0.1) is 75.3 Å². The third kappa shape index (κ3) is 5.46. The summed E-state index contributed by atoms with van der Waals surface area (Å²) in [4.78, 5) is 0. The fraction of sp³-hybridized carbons (Fsp3) is 0.484. The highest BCUT2D eigenvalue weighted by atomic mass is 28.3. The van der Waals surface area contributed by atoms with Gasteiger partial charge in [0, 0.05) is 43.1 Å². The Bertz CT molecular complexity index is 3610. The highest BCUT2D eigenvalue weighted by Gasteiger charge is 2.45. The first kappa shape index (κ1) is 43.2. The van der Waals surface area contributed by atoms with Crippen LogP contribution in [0.4, 0.5) is 0 Å². The van der Waals surface area contributed by atoms with Crippen LogP contribution in [0.5, 0.6) is 0 Å². The molecular formula is C62H74N4Si2. The topological polar surface area (TPSA) is 56.4 Å². The molecule has 68 heavy (non-hydrogen) atoms. The summed E-state index contributed by atoms with van der Waals surface area (Å²) in [6.45, 7) is 43.1. The van der Waals surface area contributed by atoms with E-state index in [0.717, 1.165) is 91.5 Å². The zero-order chi connectivity index (χ0) is 50.8. The molecule has 11 rings (SSSR count). The van der Waals surface area contributed by atoms with Gasteiger partial charge in [-0.2, -0.15) is 10.5 Å². The summed E-state index contributed by atoms with van der Waals surface area (Å²) in [5.74, 6) is 0. The average Bonchev–Trinajstić information content (AvgIpc) is 4.02. The van der Waals surface area contributed by atoms with Gasteiger partial charge in [-0.15, -0.1) is 0 Å². The minimum Gasteiger partial charge on any atom is -0.308 e. The first-order valence-electron chi connectivity index (χ1n) is 26.9. The fourth-order valence-corrected chi connectivity index (χ4v) is 21.8. The van der Waals surface area contributed by atoms with Gasteiger partial charge in [-0.05, 0) is 116 Å². The highest BCUT2D eigenvalue weighted by molar-refractivity contribution is 6.93. The van der Waals surface area contributed by atoms with Crippen molar-refractivity contribution < 1.29 is 2.74 Å². The van der Waals surface area contributed by atoms with Crippen LogP contribution in [0.1, 0.15) is 173 Å². The molecule has 0 N–H and O–H groups in total. The van der Waals surface area contributed by atoms with Crippen molar-refractivity contribution in [3.63, 3.8) is 0 Å². The molecule has 4 nitrogen and oxygen atoms in total. The van der Waals surface area contributed by atoms with E-state index in [1.165, 1.54) is 54.2 Å². The lowest BCUT2D eigenvalue weighted by Gasteiger charge is -2.43. The van der Waals surface area contributed by atoms with Crippen molar-refractivity contribution in [3.8, 4) is 12.1 Å². The van der Waals surface area contributed by atoms with E-state index >= 15 is 0 Å². The van der Waals surface area contributed by atoms with Gasteiger partial charge in [0.25, 0.3) is 0 Å². The Balaban J connectivity index is 1.46. The van der Waals surface area contributed by atoms with Gasteiger partial charge in [0.2, 0.25) is 0 Å². The third-order valence-corrected chi connectivity index (χ3v) is 32.6. The summed E-state index contributed by atoms with van der Waals surface area (Å²) in [5, 5.41) is 33.7. The van der Waals surface area contributed by atoms with Crippen LogP contribution in [-0.2, 0) is 21.7 Å². The Labute approximate surface area is 410 Å². The number of hydrogen-bond acceptors (Lipinski definition) is 2. The van der Waals surface area contributed by atoms with Crippen LogP contribution >= 0.6 is 0 Å². The third-order valence-electron chi connectivity index (χ3n) is 20.0. The Morgan fingerprint density at radius 1 is 0.456 bits per heavy atom. The molecule has 0 atom stereocenters. The van der Waals surface area contributed by atoms with E-state index in [0.29, 0.717) is 34.2 Å². The normalized spacial score (nSPS) is 18.7. The molecule has 2 aliphatic rings. The monoisotopic (exact) mass is 933 g/mol. The molecule has 0 bridgehead atoms. The molecule has 0 aliphatic heterocycles. The van der Waals surface area contributed by atoms with Gasteiger partial charge in [0.1, 0.15) is 0 Å². The van der Waals surface area contributed by atoms with Crippen molar-refractivity contribution >= 4 is 103 Å². The number of aromatic nitrogens is 2. The zero-order valence-corrected chi connectivity index (χ0v) is 46.4. The molecule has 0 spiro atoms. The molecule has 4 heterocycles. The van der Waals surface area contributed by atoms with Crippen molar-refractivity contribution in [3.05, 3.63) is 81.9 Å². The van der Waals surface area contributed by atoms with Gasteiger partial charge in [-0.25, -0.2) is 0 Å². The van der Waals surface area contributed by atoms with Crippen LogP contribution < -0.4 is 10.4 Å². The van der Waals surface area contributed by atoms with Crippen molar-refractivity contribution in [2.45, 2.75) is 193 Å². The minimum atomic E-state index is -2.18. The standard InChI is InChI=1S/C62H74N4Si2/c1-33(2)67(17,34(3)4)39-25-43-41-29-48-42(30-47(41)65-49-23-37(31-63)53-55(51(49)45(27-39)57(43)65)61(13,14)21-19-59(53,9)10)44-26-40(68(18,35(5)6)36(7)8)28-46-52-50(66(48)58(44)46)24-38(32-64)54-56(52)62(15,16)22-20-60(54,11)12/h23-30,33-36H,19-22H2,1-18H3/i29D,30D. The molecule has 5 aromatic carbocycles. The highest BCUT2D eigenvalue weighted by Crippen LogP contribution is 2.56. The zero-order valence-electron chi connectivity index (χ0n) is 46.4. The molecule has 0 saturated heterocycles. The molecule has 0 fully saturated rings. The summed E-state index contributed by atoms with van der Waals surface area (Å²) in [7, 11) is -4.37. The SMILES string of the molecule is [2H]c1c2c3cc([Si](C)(C(C)C)C(C)C)cc4c5c6c(c(C#N)cc5n(c2c([2H])c2c5cc([Si](C)(C(C)C)C(C)C)cc7c8c9c(c(C#N)cc8n(c12)c75)C(C)(C)CCC9(C)C)c43)C(C)(C)CCC6(C)C. The summed E-state index contributed by atoms with van der Waals surface area (Å²) >= 11 is 0. The lowest BCUT2D eigenvalue weighted by Crippen LogP contribution is -2.50. The maximum Gasteiger partial charge on any atom is 0.0995 e. The second kappa shape index (κ2) is 13.9. The van der Waals surface area contributed by atoms with Gasteiger partial charge in [-0.1, -0.05) is 159 Å². The maximum absolute atomic E-state index is 11.2. The summed E-state index contributed by atoms with van der Waals surface area (Å²) in [6, 6.07) is 20.6. The van der Waals surface area contributed by atoms with Crippen molar-refractivity contribution in [2.24, 2.45) is 0 Å². The number of nitriles is 2. The van der Waals surface area contributed by atoms with E-state index < -0.39 is 16.1 Å². The molecule has 4 aromatic heterocycles. The molecule has 9 aromatic rings. The van der Waals surface area contributed by atoms with Crippen molar-refractivity contribution in [1.82, 2.24) is 8.80 Å². The van der Waals surface area contributed by atoms with Crippen molar-refractivity contribution in [1.29, 1.82) is 10.5 Å². The summed E-state index contributed by atoms with van der Waals surface area (Å²) in [5.41, 5.74) is 13.2. The first-order valence-corrected chi connectivity index (χ1v) is 31.3. The summed E-state index contributed by atoms with van der Waals surface area (Å²) in [6.07, 6.45) is 4.05. The van der Waals surface area contributed by atoms with Crippen molar-refractivity contribution in [2.75, 3.05) is 0 Å².